The average molecular weight is 389 g/mol. The maximum Gasteiger partial charge on any atom is 0.417 e. The third-order valence-corrected chi connectivity index (χ3v) is 5.10. The summed E-state index contributed by atoms with van der Waals surface area (Å²) in [5.41, 5.74) is -0.809. The summed E-state index contributed by atoms with van der Waals surface area (Å²) in [4.78, 5) is 29.6. The molecule has 2 amide bonds. The van der Waals surface area contributed by atoms with Crippen molar-refractivity contribution < 1.29 is 22.8 Å². The second-order valence-electron chi connectivity index (χ2n) is 6.12. The highest BCUT2D eigenvalue weighted by molar-refractivity contribution is 7.99. The summed E-state index contributed by atoms with van der Waals surface area (Å²) in [5.74, 6) is 0.00616. The molecule has 1 aliphatic rings. The largest absolute Gasteiger partial charge is 0.417 e. The van der Waals surface area contributed by atoms with E-state index in [9.17, 15) is 22.8 Å². The average Bonchev–Trinajstić information content (AvgIpc) is 2.64. The highest BCUT2D eigenvalue weighted by atomic mass is 32.2. The SMILES string of the molecule is CCCNC(=O)C1CCN(C(=O)CSc2ccc(C(F)(F)F)cn2)CC1. The van der Waals surface area contributed by atoms with Crippen molar-refractivity contribution in [3.8, 4) is 0 Å². The standard InChI is InChI=1S/C17H22F3N3O2S/c1-2-7-21-16(25)12-5-8-23(9-6-12)15(24)11-26-14-4-3-13(10-22-14)17(18,19)20/h3-4,10,12H,2,5-9,11H2,1H3,(H,21,25). The topological polar surface area (TPSA) is 62.3 Å². The molecular weight excluding hydrogens is 367 g/mol. The Labute approximate surface area is 154 Å². The van der Waals surface area contributed by atoms with E-state index >= 15 is 0 Å². The Bertz CT molecular complexity index is 615. The molecule has 1 N–H and O–H groups in total. The van der Waals surface area contributed by atoms with Crippen molar-refractivity contribution in [3.63, 3.8) is 0 Å². The fraction of sp³-hybridized carbons (Fsp3) is 0.588. The molecule has 1 aromatic rings. The first-order chi connectivity index (χ1) is 12.3. The van der Waals surface area contributed by atoms with Crippen LogP contribution in [0.25, 0.3) is 0 Å². The highest BCUT2D eigenvalue weighted by Gasteiger charge is 2.31. The molecule has 0 aliphatic carbocycles. The van der Waals surface area contributed by atoms with Gasteiger partial charge in [0, 0.05) is 31.7 Å². The molecule has 0 radical (unpaired) electrons. The Balaban J connectivity index is 1.76. The van der Waals surface area contributed by atoms with Crippen molar-refractivity contribution in [1.82, 2.24) is 15.2 Å². The van der Waals surface area contributed by atoms with Crippen LogP contribution < -0.4 is 5.32 Å². The van der Waals surface area contributed by atoms with Crippen LogP contribution in [0.3, 0.4) is 0 Å². The number of pyridine rings is 1. The minimum atomic E-state index is -4.42. The van der Waals surface area contributed by atoms with E-state index in [-0.39, 0.29) is 23.5 Å². The van der Waals surface area contributed by atoms with Crippen LogP contribution in [0.1, 0.15) is 31.7 Å². The maximum atomic E-state index is 12.5. The number of hydrogen-bond donors (Lipinski definition) is 1. The van der Waals surface area contributed by atoms with Gasteiger partial charge in [0.1, 0.15) is 0 Å². The maximum absolute atomic E-state index is 12.5. The summed E-state index contributed by atoms with van der Waals surface area (Å²) in [7, 11) is 0. The lowest BCUT2D eigenvalue weighted by Crippen LogP contribution is -2.43. The van der Waals surface area contributed by atoms with Crippen molar-refractivity contribution in [2.45, 2.75) is 37.4 Å². The number of carbonyl (C=O) groups is 2. The van der Waals surface area contributed by atoms with Gasteiger partial charge in [-0.2, -0.15) is 13.2 Å². The Morgan fingerprint density at radius 1 is 1.31 bits per heavy atom. The Kier molecular flexibility index (Phi) is 7.31. The lowest BCUT2D eigenvalue weighted by Gasteiger charge is -2.31. The van der Waals surface area contributed by atoms with Crippen LogP contribution in [0, 0.1) is 5.92 Å². The van der Waals surface area contributed by atoms with Gasteiger partial charge in [0.2, 0.25) is 11.8 Å². The third kappa shape index (κ3) is 5.89. The Hall–Kier alpha value is -1.77. The number of nitrogens with zero attached hydrogens (tertiary/aromatic N) is 2. The van der Waals surface area contributed by atoms with Crippen molar-refractivity contribution in [3.05, 3.63) is 23.9 Å². The zero-order valence-corrected chi connectivity index (χ0v) is 15.3. The second-order valence-corrected chi connectivity index (χ2v) is 7.11. The number of amides is 2. The van der Waals surface area contributed by atoms with E-state index in [2.05, 4.69) is 10.3 Å². The first kappa shape index (κ1) is 20.5. The molecule has 2 heterocycles. The minimum Gasteiger partial charge on any atom is -0.356 e. The number of alkyl halides is 3. The van der Waals surface area contributed by atoms with Gasteiger partial charge in [-0.1, -0.05) is 18.7 Å². The number of likely N-dealkylation sites (tertiary alicyclic amines) is 1. The third-order valence-electron chi connectivity index (χ3n) is 4.17. The number of hydrogen-bond acceptors (Lipinski definition) is 4. The van der Waals surface area contributed by atoms with Crippen molar-refractivity contribution >= 4 is 23.6 Å². The van der Waals surface area contributed by atoms with E-state index in [1.807, 2.05) is 6.92 Å². The number of piperidine rings is 1. The van der Waals surface area contributed by atoms with Gasteiger partial charge in [0.05, 0.1) is 16.3 Å². The Morgan fingerprint density at radius 2 is 2.00 bits per heavy atom. The Morgan fingerprint density at radius 3 is 2.54 bits per heavy atom. The smallest absolute Gasteiger partial charge is 0.356 e. The van der Waals surface area contributed by atoms with Crippen LogP contribution in [0.5, 0.6) is 0 Å². The lowest BCUT2D eigenvalue weighted by molar-refractivity contribution is -0.138. The van der Waals surface area contributed by atoms with E-state index in [0.29, 0.717) is 37.5 Å². The van der Waals surface area contributed by atoms with Crippen LogP contribution >= 0.6 is 11.8 Å². The molecule has 0 unspecified atom stereocenters. The van der Waals surface area contributed by atoms with E-state index < -0.39 is 11.7 Å². The summed E-state index contributed by atoms with van der Waals surface area (Å²) < 4.78 is 37.5. The summed E-state index contributed by atoms with van der Waals surface area (Å²) in [6.45, 7) is 3.69. The van der Waals surface area contributed by atoms with E-state index in [4.69, 9.17) is 0 Å². The molecule has 1 saturated heterocycles. The van der Waals surface area contributed by atoms with Gasteiger partial charge in [0.25, 0.3) is 0 Å². The summed E-state index contributed by atoms with van der Waals surface area (Å²) in [6, 6.07) is 2.23. The molecule has 1 aromatic heterocycles. The second kappa shape index (κ2) is 9.25. The summed E-state index contributed by atoms with van der Waals surface area (Å²) in [6.07, 6.45) is -1.50. The quantitative estimate of drug-likeness (QED) is 0.760. The molecule has 0 saturated carbocycles. The predicted octanol–water partition coefficient (Wildman–Crippen LogP) is 2.96. The number of thioether (sulfide) groups is 1. The summed E-state index contributed by atoms with van der Waals surface area (Å²) >= 11 is 1.11. The van der Waals surface area contributed by atoms with Crippen molar-refractivity contribution in [2.75, 3.05) is 25.4 Å². The first-order valence-electron chi connectivity index (χ1n) is 8.52. The molecule has 2 rings (SSSR count). The molecule has 5 nitrogen and oxygen atoms in total. The van der Waals surface area contributed by atoms with Gasteiger partial charge < -0.3 is 10.2 Å². The van der Waals surface area contributed by atoms with Gasteiger partial charge in [0.15, 0.2) is 0 Å². The van der Waals surface area contributed by atoms with Gasteiger partial charge in [-0.3, -0.25) is 9.59 Å². The lowest BCUT2D eigenvalue weighted by atomic mass is 9.96. The van der Waals surface area contributed by atoms with E-state index in [1.54, 1.807) is 4.90 Å². The molecule has 0 spiro atoms. The van der Waals surface area contributed by atoms with Crippen molar-refractivity contribution in [1.29, 1.82) is 0 Å². The van der Waals surface area contributed by atoms with Crippen molar-refractivity contribution in [2.24, 2.45) is 5.92 Å². The van der Waals surface area contributed by atoms with Crippen LogP contribution in [0.15, 0.2) is 23.4 Å². The van der Waals surface area contributed by atoms with Gasteiger partial charge in [-0.15, -0.1) is 0 Å². The van der Waals surface area contributed by atoms with E-state index in [1.165, 1.54) is 6.07 Å². The highest BCUT2D eigenvalue weighted by Crippen LogP contribution is 2.29. The number of carbonyl (C=O) groups excluding carboxylic acids is 2. The number of halogens is 3. The number of nitrogens with one attached hydrogen (secondary N) is 1. The van der Waals surface area contributed by atoms with Gasteiger partial charge in [-0.25, -0.2) is 4.98 Å². The molecule has 26 heavy (non-hydrogen) atoms. The molecule has 0 bridgehead atoms. The van der Waals surface area contributed by atoms with Gasteiger partial charge in [-0.05, 0) is 31.4 Å². The molecule has 1 aliphatic heterocycles. The predicted molar refractivity (Wildman–Crippen MR) is 92.6 cm³/mol. The first-order valence-corrected chi connectivity index (χ1v) is 9.51. The van der Waals surface area contributed by atoms with E-state index in [0.717, 1.165) is 30.4 Å². The van der Waals surface area contributed by atoms with Gasteiger partial charge >= 0.3 is 6.18 Å². The molecule has 144 valence electrons. The zero-order chi connectivity index (χ0) is 19.2. The minimum absolute atomic E-state index is 0.0438. The number of rotatable bonds is 6. The monoisotopic (exact) mass is 389 g/mol. The molecule has 0 aromatic carbocycles. The molecule has 0 atom stereocenters. The van der Waals surface area contributed by atoms with Crippen LogP contribution in [0.4, 0.5) is 13.2 Å². The fourth-order valence-electron chi connectivity index (χ4n) is 2.64. The normalized spacial score (nSPS) is 15.8. The molecule has 9 heteroatoms. The summed E-state index contributed by atoms with van der Waals surface area (Å²) in [5, 5.41) is 3.25. The van der Waals surface area contributed by atoms with Crippen LogP contribution in [0.2, 0.25) is 0 Å². The van der Waals surface area contributed by atoms with Crippen LogP contribution in [-0.2, 0) is 15.8 Å². The molecule has 1 fully saturated rings. The fourth-order valence-corrected chi connectivity index (χ4v) is 3.39. The van der Waals surface area contributed by atoms with Crippen LogP contribution in [-0.4, -0.2) is 47.1 Å². The zero-order valence-electron chi connectivity index (χ0n) is 14.5. The number of aromatic nitrogens is 1. The molecular formula is C17H22F3N3O2S.